The molecule has 0 spiro atoms. The summed E-state index contributed by atoms with van der Waals surface area (Å²) >= 11 is 8.57. The van der Waals surface area contributed by atoms with Crippen molar-refractivity contribution in [1.82, 2.24) is 9.47 Å². The van der Waals surface area contributed by atoms with Crippen LogP contribution in [0.15, 0.2) is 39.0 Å². The molecule has 0 aliphatic carbocycles. The van der Waals surface area contributed by atoms with Crippen LogP contribution in [0.5, 0.6) is 0 Å². The number of carbonyl (C=O) groups is 3. The van der Waals surface area contributed by atoms with Gasteiger partial charge in [0.05, 0.1) is 15.2 Å². The number of rotatable bonds is 7. The number of hydrogen-bond donors (Lipinski definition) is 2. The van der Waals surface area contributed by atoms with Gasteiger partial charge in [-0.3, -0.25) is 28.6 Å². The zero-order chi connectivity index (χ0) is 26.1. The molecule has 1 aromatic carbocycles. The summed E-state index contributed by atoms with van der Waals surface area (Å²) in [4.78, 5) is 52.8. The summed E-state index contributed by atoms with van der Waals surface area (Å²) in [5.41, 5.74) is 1.78. The zero-order valence-corrected chi connectivity index (χ0v) is 22.5. The van der Waals surface area contributed by atoms with E-state index in [0.717, 1.165) is 61.1 Å². The third-order valence-electron chi connectivity index (χ3n) is 5.43. The predicted octanol–water partition coefficient (Wildman–Crippen LogP) is 1.86. The van der Waals surface area contributed by atoms with Gasteiger partial charge in [0.2, 0.25) is 0 Å². The van der Waals surface area contributed by atoms with Gasteiger partial charge in [0.15, 0.2) is 0 Å². The highest BCUT2D eigenvalue weighted by atomic mass is 32.2. The maximum Gasteiger partial charge on any atom is 0.323 e. The van der Waals surface area contributed by atoms with E-state index in [1.807, 2.05) is 13.0 Å². The number of benzene rings is 1. The van der Waals surface area contributed by atoms with E-state index in [1.165, 1.54) is 5.56 Å². The highest BCUT2D eigenvalue weighted by Gasteiger charge is 2.35. The number of allylic oxidation sites excluding steroid dienone is 1. The number of thiocarbonyl (C=S) groups is 1. The maximum atomic E-state index is 13.1. The van der Waals surface area contributed by atoms with Crippen molar-refractivity contribution >= 4 is 85.9 Å². The molecule has 0 atom stereocenters. The van der Waals surface area contributed by atoms with Crippen molar-refractivity contribution in [3.8, 4) is 0 Å². The minimum Gasteiger partial charge on any atom is -0.480 e. The molecule has 0 radical (unpaired) electrons. The number of anilines is 1. The Balaban J connectivity index is 1.81. The zero-order valence-electron chi connectivity index (χ0n) is 19.2. The van der Waals surface area contributed by atoms with E-state index in [-0.39, 0.29) is 18.4 Å². The number of aliphatic carboxylic acids is 2. The Kier molecular flexibility index (Phi) is 7.73. The molecule has 0 unspecified atom stereocenters. The molecule has 0 saturated carbocycles. The molecule has 9 nitrogen and oxygen atoms in total. The Bertz CT molecular complexity index is 1510. The summed E-state index contributed by atoms with van der Waals surface area (Å²) in [6.45, 7) is 3.61. The minimum absolute atomic E-state index is 0.0397. The first kappa shape index (κ1) is 26.2. The molecule has 2 N–H and O–H groups in total. The number of fused-ring (bicyclic) bond motifs is 1. The van der Waals surface area contributed by atoms with Gasteiger partial charge in [-0.1, -0.05) is 48.7 Å². The first-order valence-corrected chi connectivity index (χ1v) is 13.7. The summed E-state index contributed by atoms with van der Waals surface area (Å²) in [6, 6.07) is 6.33. The minimum atomic E-state index is -1.24. The van der Waals surface area contributed by atoms with E-state index in [0.29, 0.717) is 0 Å². The Morgan fingerprint density at radius 2 is 1.75 bits per heavy atom. The van der Waals surface area contributed by atoms with Crippen LogP contribution in [-0.4, -0.2) is 54.9 Å². The van der Waals surface area contributed by atoms with Crippen LogP contribution >= 0.6 is 47.1 Å². The van der Waals surface area contributed by atoms with Crippen LogP contribution in [0, 0.1) is 0 Å². The Morgan fingerprint density at radius 3 is 2.39 bits per heavy atom. The van der Waals surface area contributed by atoms with Crippen LogP contribution in [0.3, 0.4) is 0 Å². The fraction of sp³-hybridized carbons (Fsp3) is 0.261. The Labute approximate surface area is 223 Å². The number of aryl methyl sites for hydroxylation is 1. The number of aromatic nitrogens is 1. The fourth-order valence-electron chi connectivity index (χ4n) is 3.74. The molecule has 1 fully saturated rings. The van der Waals surface area contributed by atoms with Crippen molar-refractivity contribution in [3.05, 3.63) is 54.4 Å². The number of hydrogen-bond acceptors (Lipinski definition) is 9. The molecule has 1 amide bonds. The first-order chi connectivity index (χ1) is 17.1. The van der Waals surface area contributed by atoms with E-state index in [2.05, 4.69) is 30.0 Å². The van der Waals surface area contributed by atoms with E-state index >= 15 is 0 Å². The monoisotopic (exact) mass is 563 g/mol. The number of amides is 1. The van der Waals surface area contributed by atoms with Crippen molar-refractivity contribution in [3.63, 3.8) is 0 Å². The lowest BCUT2D eigenvalue weighted by molar-refractivity contribution is -0.140. The highest BCUT2D eigenvalue weighted by molar-refractivity contribution is 8.30. The lowest BCUT2D eigenvalue weighted by Crippen LogP contribution is -2.36. The van der Waals surface area contributed by atoms with Crippen LogP contribution in [0.25, 0.3) is 11.0 Å². The molecule has 188 valence electrons. The van der Waals surface area contributed by atoms with Crippen LogP contribution in [0.1, 0.15) is 19.4 Å². The predicted molar refractivity (Wildman–Crippen MR) is 146 cm³/mol. The van der Waals surface area contributed by atoms with Gasteiger partial charge in [0.1, 0.15) is 27.0 Å². The number of carboxylic acid groups (broad SMARTS) is 2. The van der Waals surface area contributed by atoms with Crippen LogP contribution in [-0.2, 0) is 27.3 Å². The molecule has 4 rings (SSSR count). The van der Waals surface area contributed by atoms with Gasteiger partial charge < -0.3 is 15.1 Å². The Hall–Kier alpha value is -2.87. The number of thiazole rings is 1. The lowest BCUT2D eigenvalue weighted by Gasteiger charge is -2.18. The summed E-state index contributed by atoms with van der Waals surface area (Å²) in [5.74, 6) is -3.14. The summed E-state index contributed by atoms with van der Waals surface area (Å²) in [7, 11) is 0. The highest BCUT2D eigenvalue weighted by Crippen LogP contribution is 2.46. The largest absolute Gasteiger partial charge is 0.480 e. The second-order valence-electron chi connectivity index (χ2n) is 7.71. The van der Waals surface area contributed by atoms with E-state index in [1.54, 1.807) is 17.8 Å². The van der Waals surface area contributed by atoms with Crippen LogP contribution < -0.4 is 19.7 Å². The van der Waals surface area contributed by atoms with Gasteiger partial charge in [-0.2, -0.15) is 0 Å². The number of carbonyl (C=O) groups excluding carboxylic acids is 1. The number of carboxylic acids is 2. The van der Waals surface area contributed by atoms with Crippen molar-refractivity contribution in [2.45, 2.75) is 31.7 Å². The molecule has 2 aromatic rings. The summed E-state index contributed by atoms with van der Waals surface area (Å²) in [5, 5.41) is 19.4. The first-order valence-electron chi connectivity index (χ1n) is 10.9. The summed E-state index contributed by atoms with van der Waals surface area (Å²) < 4.78 is 1.45. The van der Waals surface area contributed by atoms with Gasteiger partial charge in [0.25, 0.3) is 11.5 Å². The third kappa shape index (κ3) is 5.01. The smallest absolute Gasteiger partial charge is 0.323 e. The van der Waals surface area contributed by atoms with Gasteiger partial charge in [-0.15, -0.1) is 11.3 Å². The average molecular weight is 564 g/mol. The molecule has 3 heterocycles. The van der Waals surface area contributed by atoms with Crippen molar-refractivity contribution < 1.29 is 24.6 Å². The molecular formula is C23H21N3O6S4. The van der Waals surface area contributed by atoms with Crippen molar-refractivity contribution in [2.24, 2.45) is 0 Å². The van der Waals surface area contributed by atoms with Gasteiger partial charge in [0, 0.05) is 11.4 Å². The number of thioether (sulfide) groups is 2. The van der Waals surface area contributed by atoms with E-state index in [4.69, 9.17) is 17.3 Å². The van der Waals surface area contributed by atoms with Gasteiger partial charge in [-0.25, -0.2) is 0 Å². The SMILES string of the molecule is CCc1ccc2c(c1)N(CC)C(=CC=c1sc(=C3SC(=S)N(CC(=O)O)C3=O)n(CC(=O)O)c1=O)S2. The number of nitrogens with zero attached hydrogens (tertiary/aromatic N) is 3. The van der Waals surface area contributed by atoms with E-state index in [9.17, 15) is 24.3 Å². The second kappa shape index (κ2) is 10.6. The summed E-state index contributed by atoms with van der Waals surface area (Å²) in [6.07, 6.45) is 4.37. The molecule has 2 aliphatic rings. The standard InChI is InChI=1S/C23H21N3O6S4/c1-3-12-5-6-14-13(9-12)24(4-2)16(34-14)8-7-15-20(31)25(10-17(27)28)22(35-15)19-21(32)26(11-18(29)30)23(33)36-19/h5-9H,3-4,10-11H2,1-2H3,(H,27,28)(H,29,30). The van der Waals surface area contributed by atoms with Gasteiger partial charge in [-0.05, 0) is 43.2 Å². The van der Waals surface area contributed by atoms with Crippen molar-refractivity contribution in [1.29, 1.82) is 0 Å². The normalized spacial score (nSPS) is 18.5. The van der Waals surface area contributed by atoms with Crippen molar-refractivity contribution in [2.75, 3.05) is 18.0 Å². The Morgan fingerprint density at radius 1 is 1.03 bits per heavy atom. The van der Waals surface area contributed by atoms with Crippen LogP contribution in [0.2, 0.25) is 0 Å². The lowest BCUT2D eigenvalue weighted by atomic mass is 10.1. The maximum absolute atomic E-state index is 13.1. The average Bonchev–Trinajstić information content (AvgIpc) is 3.43. The molecule has 2 aliphatic heterocycles. The molecule has 1 aromatic heterocycles. The fourth-order valence-corrected chi connectivity index (χ4v) is 7.31. The van der Waals surface area contributed by atoms with E-state index < -0.39 is 36.5 Å². The molecule has 0 bridgehead atoms. The molecule has 1 saturated heterocycles. The molecule has 13 heteroatoms. The topological polar surface area (TPSA) is 120 Å². The van der Waals surface area contributed by atoms with Crippen LogP contribution in [0.4, 0.5) is 5.69 Å². The van der Waals surface area contributed by atoms with Gasteiger partial charge >= 0.3 is 11.9 Å². The second-order valence-corrected chi connectivity index (χ2v) is 11.4. The molecular weight excluding hydrogens is 543 g/mol. The molecule has 36 heavy (non-hydrogen) atoms. The third-order valence-corrected chi connectivity index (χ3v) is 9.28. The quantitative estimate of drug-likeness (QED) is 0.483.